The molecule has 13 heavy (non-hydrogen) atoms. The number of aliphatic hydroxyl groups excluding tert-OH is 1. The third-order valence-corrected chi connectivity index (χ3v) is 2.54. The Morgan fingerprint density at radius 2 is 2.54 bits per heavy atom. The van der Waals surface area contributed by atoms with Gasteiger partial charge in [-0.25, -0.2) is 4.98 Å². The fraction of sp³-hybridized carbons (Fsp3) is 0.429. The molecule has 1 aromatic heterocycles. The molecule has 0 saturated heterocycles. The highest BCUT2D eigenvalue weighted by Gasteiger charge is 2.10. The number of aliphatic hydroxyl groups is 1. The molecule has 72 valence electrons. The summed E-state index contributed by atoms with van der Waals surface area (Å²) in [5, 5.41) is 11.1. The van der Waals surface area contributed by atoms with E-state index >= 15 is 0 Å². The number of nitrogens with zero attached hydrogens (tertiary/aromatic N) is 1. The molecule has 6 heteroatoms. The van der Waals surface area contributed by atoms with Gasteiger partial charge in [-0.1, -0.05) is 0 Å². The van der Waals surface area contributed by atoms with Crippen molar-refractivity contribution in [2.45, 2.75) is 10.6 Å². The van der Waals surface area contributed by atoms with Gasteiger partial charge in [0, 0.05) is 13.2 Å². The Kier molecular flexibility index (Phi) is 4.20. The number of carbonyl (C=O) groups excluding carboxylic acids is 1. The second kappa shape index (κ2) is 5.21. The van der Waals surface area contributed by atoms with Gasteiger partial charge in [0.15, 0.2) is 5.69 Å². The maximum absolute atomic E-state index is 11.3. The summed E-state index contributed by atoms with van der Waals surface area (Å²) >= 11 is 5.39. The van der Waals surface area contributed by atoms with Crippen LogP contribution in [0.15, 0.2) is 9.72 Å². The van der Waals surface area contributed by atoms with Gasteiger partial charge in [-0.2, -0.15) is 0 Å². The fourth-order valence-electron chi connectivity index (χ4n) is 0.760. The number of rotatable bonds is 4. The van der Waals surface area contributed by atoms with Crippen LogP contribution >= 0.6 is 24.0 Å². The van der Waals surface area contributed by atoms with E-state index in [1.165, 1.54) is 11.3 Å². The summed E-state index contributed by atoms with van der Waals surface area (Å²) in [5.41, 5.74) is 1.93. The summed E-state index contributed by atoms with van der Waals surface area (Å²) in [6.45, 7) is 0.533. The number of thiazole rings is 1. The Bertz CT molecular complexity index is 288. The van der Waals surface area contributed by atoms with E-state index in [9.17, 15) is 4.79 Å². The molecule has 0 aliphatic heterocycles. The molecule has 4 nitrogen and oxygen atoms in total. The van der Waals surface area contributed by atoms with Gasteiger partial charge in [-0.15, -0.1) is 24.0 Å². The molecule has 0 aromatic carbocycles. The molecule has 1 rings (SSSR count). The summed E-state index contributed by atoms with van der Waals surface area (Å²) < 4.78 is 0.612. The summed E-state index contributed by atoms with van der Waals surface area (Å²) in [6.07, 6.45) is 0.553. The Morgan fingerprint density at radius 3 is 3.08 bits per heavy atom. The molecular formula is C7H10N2O2S2. The highest BCUT2D eigenvalue weighted by Crippen LogP contribution is 2.16. The van der Waals surface area contributed by atoms with Gasteiger partial charge in [0.1, 0.15) is 0 Å². The minimum atomic E-state index is -0.236. The van der Waals surface area contributed by atoms with Crippen LogP contribution in [0.1, 0.15) is 16.9 Å². The predicted octanol–water partition coefficient (Wildman–Crippen LogP) is 0.544. The number of hydrogen-bond donors (Lipinski definition) is 3. The zero-order valence-electron chi connectivity index (χ0n) is 6.86. The van der Waals surface area contributed by atoms with E-state index in [0.29, 0.717) is 22.9 Å². The Balaban J connectivity index is 2.45. The maximum atomic E-state index is 11.3. The van der Waals surface area contributed by atoms with Crippen LogP contribution in [-0.2, 0) is 0 Å². The van der Waals surface area contributed by atoms with Crippen molar-refractivity contribution in [2.75, 3.05) is 13.2 Å². The standard InChI is InChI=1S/C7H10N2O2S2/c10-3-1-2-8-6(11)5-7(12)13-4-9-5/h4,10,12H,1-3H2,(H,8,11). The second-order valence-corrected chi connectivity index (χ2v) is 3.94. The van der Waals surface area contributed by atoms with Crippen molar-refractivity contribution in [1.29, 1.82) is 0 Å². The number of nitrogens with one attached hydrogen (secondary N) is 1. The van der Waals surface area contributed by atoms with E-state index in [-0.39, 0.29) is 12.5 Å². The molecule has 0 radical (unpaired) electrons. The molecule has 0 atom stereocenters. The van der Waals surface area contributed by atoms with Gasteiger partial charge in [-0.3, -0.25) is 4.79 Å². The minimum absolute atomic E-state index is 0.0745. The van der Waals surface area contributed by atoms with Crippen LogP contribution in [0.2, 0.25) is 0 Å². The van der Waals surface area contributed by atoms with Crippen LogP contribution in [0.4, 0.5) is 0 Å². The molecule has 0 fully saturated rings. The van der Waals surface area contributed by atoms with Crippen molar-refractivity contribution in [3.05, 3.63) is 11.2 Å². The first-order valence-corrected chi connectivity index (χ1v) is 5.10. The van der Waals surface area contributed by atoms with E-state index < -0.39 is 0 Å². The van der Waals surface area contributed by atoms with Crippen molar-refractivity contribution in [2.24, 2.45) is 0 Å². The van der Waals surface area contributed by atoms with Crippen molar-refractivity contribution in [1.82, 2.24) is 10.3 Å². The first kappa shape index (κ1) is 10.5. The summed E-state index contributed by atoms with van der Waals surface area (Å²) in [4.78, 5) is 15.2. The van der Waals surface area contributed by atoms with Gasteiger partial charge in [0.25, 0.3) is 5.91 Å². The lowest BCUT2D eigenvalue weighted by atomic mass is 10.4. The van der Waals surface area contributed by atoms with Gasteiger partial charge >= 0.3 is 0 Å². The second-order valence-electron chi connectivity index (χ2n) is 2.34. The van der Waals surface area contributed by atoms with E-state index in [0.717, 1.165) is 0 Å². The van der Waals surface area contributed by atoms with E-state index in [1.54, 1.807) is 5.51 Å². The molecule has 0 saturated carbocycles. The zero-order chi connectivity index (χ0) is 9.68. The molecule has 1 heterocycles. The average Bonchev–Trinajstić information content (AvgIpc) is 2.52. The Hall–Kier alpha value is -0.590. The number of carbonyl (C=O) groups is 1. The molecule has 0 unspecified atom stereocenters. The molecule has 0 spiro atoms. The summed E-state index contributed by atoms with van der Waals surface area (Å²) in [7, 11) is 0. The minimum Gasteiger partial charge on any atom is -0.396 e. The first-order valence-electron chi connectivity index (χ1n) is 3.77. The smallest absolute Gasteiger partial charge is 0.271 e. The van der Waals surface area contributed by atoms with Crippen LogP contribution in [-0.4, -0.2) is 29.1 Å². The van der Waals surface area contributed by atoms with Crippen molar-refractivity contribution in [3.8, 4) is 0 Å². The molecule has 0 aliphatic carbocycles. The number of aromatic nitrogens is 1. The third-order valence-electron chi connectivity index (χ3n) is 1.38. The molecule has 2 N–H and O–H groups in total. The maximum Gasteiger partial charge on any atom is 0.271 e. The largest absolute Gasteiger partial charge is 0.396 e. The van der Waals surface area contributed by atoms with Crippen LogP contribution in [0, 0.1) is 0 Å². The predicted molar refractivity (Wildman–Crippen MR) is 53.4 cm³/mol. The Labute approximate surface area is 85.4 Å². The van der Waals surface area contributed by atoms with Gasteiger partial charge in [0.2, 0.25) is 0 Å². The zero-order valence-corrected chi connectivity index (χ0v) is 8.57. The lowest BCUT2D eigenvalue weighted by molar-refractivity contribution is 0.0944. The third kappa shape index (κ3) is 2.98. The van der Waals surface area contributed by atoms with Gasteiger partial charge in [0.05, 0.1) is 9.72 Å². The van der Waals surface area contributed by atoms with Crippen LogP contribution in [0.5, 0.6) is 0 Å². The number of thiol groups is 1. The van der Waals surface area contributed by atoms with Crippen molar-refractivity contribution < 1.29 is 9.90 Å². The quantitative estimate of drug-likeness (QED) is 0.511. The molecule has 0 bridgehead atoms. The van der Waals surface area contributed by atoms with Crippen molar-refractivity contribution in [3.63, 3.8) is 0 Å². The number of amides is 1. The molecule has 1 amide bonds. The lowest BCUT2D eigenvalue weighted by Crippen LogP contribution is -2.25. The van der Waals surface area contributed by atoms with Gasteiger partial charge in [-0.05, 0) is 6.42 Å². The van der Waals surface area contributed by atoms with E-state index in [4.69, 9.17) is 5.11 Å². The van der Waals surface area contributed by atoms with E-state index in [1.807, 2.05) is 0 Å². The first-order chi connectivity index (χ1) is 6.25. The highest BCUT2D eigenvalue weighted by molar-refractivity contribution is 7.82. The molecular weight excluding hydrogens is 208 g/mol. The van der Waals surface area contributed by atoms with Crippen LogP contribution in [0.3, 0.4) is 0 Å². The van der Waals surface area contributed by atoms with Gasteiger partial charge < -0.3 is 10.4 Å². The number of hydrogen-bond acceptors (Lipinski definition) is 5. The van der Waals surface area contributed by atoms with E-state index in [2.05, 4.69) is 22.9 Å². The van der Waals surface area contributed by atoms with Crippen molar-refractivity contribution >= 4 is 29.9 Å². The monoisotopic (exact) mass is 218 g/mol. The normalized spacial score (nSPS) is 10.0. The van der Waals surface area contributed by atoms with Crippen LogP contribution in [0.25, 0.3) is 0 Å². The Morgan fingerprint density at radius 1 is 1.77 bits per heavy atom. The fourth-order valence-corrected chi connectivity index (χ4v) is 1.58. The molecule has 1 aromatic rings. The summed E-state index contributed by atoms with van der Waals surface area (Å²) in [6, 6.07) is 0. The topological polar surface area (TPSA) is 62.2 Å². The SMILES string of the molecule is O=C(NCCCO)c1ncsc1S. The summed E-state index contributed by atoms with van der Waals surface area (Å²) in [5.74, 6) is -0.236. The lowest BCUT2D eigenvalue weighted by Gasteiger charge is -2.00. The van der Waals surface area contributed by atoms with Crippen LogP contribution < -0.4 is 5.32 Å². The highest BCUT2D eigenvalue weighted by atomic mass is 32.2. The average molecular weight is 218 g/mol. The molecule has 0 aliphatic rings.